The molecule has 2 heterocycles. The first-order chi connectivity index (χ1) is 11.4. The third-order valence-electron chi connectivity index (χ3n) is 3.84. The molecule has 0 atom stereocenters. The van der Waals surface area contributed by atoms with Crippen LogP contribution in [0.15, 0.2) is 30.6 Å². The SMILES string of the molecule is N#Cc1cnc(C2=CCC(F)(F)CC2)cc1-c1ccn(C(F)F)n1. The monoisotopic (exact) mass is 336 g/mol. The van der Waals surface area contributed by atoms with Crippen molar-refractivity contribution in [2.24, 2.45) is 0 Å². The minimum Gasteiger partial charge on any atom is -0.255 e. The molecular weight excluding hydrogens is 324 g/mol. The van der Waals surface area contributed by atoms with Crippen LogP contribution in [0.4, 0.5) is 17.6 Å². The molecule has 0 saturated carbocycles. The molecule has 0 spiro atoms. The maximum absolute atomic E-state index is 13.2. The summed E-state index contributed by atoms with van der Waals surface area (Å²) in [7, 11) is 0. The van der Waals surface area contributed by atoms with Crippen molar-refractivity contribution in [3.05, 3.63) is 41.9 Å². The fraction of sp³-hybridized carbons (Fsp3) is 0.312. The first kappa shape index (κ1) is 16.2. The van der Waals surface area contributed by atoms with E-state index in [-0.39, 0.29) is 30.5 Å². The number of hydrogen-bond donors (Lipinski definition) is 0. The number of rotatable bonds is 3. The lowest BCUT2D eigenvalue weighted by atomic mass is 9.93. The summed E-state index contributed by atoms with van der Waals surface area (Å²) in [4.78, 5) is 4.13. The van der Waals surface area contributed by atoms with E-state index in [1.54, 1.807) is 0 Å². The van der Waals surface area contributed by atoms with Gasteiger partial charge in [-0.25, -0.2) is 13.5 Å². The molecule has 0 N–H and O–H groups in total. The summed E-state index contributed by atoms with van der Waals surface area (Å²) in [6, 6.07) is 4.84. The Bertz CT molecular complexity index is 833. The van der Waals surface area contributed by atoms with Crippen molar-refractivity contribution in [1.29, 1.82) is 5.26 Å². The lowest BCUT2D eigenvalue weighted by Gasteiger charge is -2.21. The van der Waals surface area contributed by atoms with Crippen LogP contribution in [-0.2, 0) is 0 Å². The third-order valence-corrected chi connectivity index (χ3v) is 3.84. The molecule has 2 aromatic rings. The Labute approximate surface area is 135 Å². The lowest BCUT2D eigenvalue weighted by Crippen LogP contribution is -2.18. The highest BCUT2D eigenvalue weighted by atomic mass is 19.3. The molecule has 0 unspecified atom stereocenters. The van der Waals surface area contributed by atoms with Crippen molar-refractivity contribution in [2.45, 2.75) is 31.7 Å². The van der Waals surface area contributed by atoms with E-state index in [2.05, 4.69) is 10.1 Å². The van der Waals surface area contributed by atoms with E-state index in [1.807, 2.05) is 6.07 Å². The first-order valence-corrected chi connectivity index (χ1v) is 7.21. The molecule has 0 fully saturated rings. The second kappa shape index (κ2) is 6.07. The van der Waals surface area contributed by atoms with Crippen molar-refractivity contribution >= 4 is 5.57 Å². The fourth-order valence-corrected chi connectivity index (χ4v) is 2.55. The van der Waals surface area contributed by atoms with Crippen LogP contribution in [0.2, 0.25) is 0 Å². The highest BCUT2D eigenvalue weighted by Crippen LogP contribution is 2.36. The maximum atomic E-state index is 13.2. The quantitative estimate of drug-likeness (QED) is 0.780. The number of pyridine rings is 1. The zero-order valence-electron chi connectivity index (χ0n) is 12.4. The highest BCUT2D eigenvalue weighted by molar-refractivity contribution is 5.73. The van der Waals surface area contributed by atoms with Gasteiger partial charge in [-0.15, -0.1) is 0 Å². The Morgan fingerprint density at radius 2 is 2.08 bits per heavy atom. The van der Waals surface area contributed by atoms with Crippen molar-refractivity contribution in [2.75, 3.05) is 0 Å². The zero-order chi connectivity index (χ0) is 17.3. The number of nitrogens with zero attached hydrogens (tertiary/aromatic N) is 4. The van der Waals surface area contributed by atoms with Gasteiger partial charge in [0.25, 0.3) is 5.92 Å². The molecule has 124 valence electrons. The number of aromatic nitrogens is 3. The minimum absolute atomic E-state index is 0.164. The molecule has 0 aromatic carbocycles. The normalized spacial score (nSPS) is 16.8. The number of hydrogen-bond acceptors (Lipinski definition) is 3. The van der Waals surface area contributed by atoms with Crippen LogP contribution in [0.5, 0.6) is 0 Å². The van der Waals surface area contributed by atoms with E-state index in [0.717, 1.165) is 6.20 Å². The molecule has 24 heavy (non-hydrogen) atoms. The molecule has 0 aliphatic heterocycles. The number of allylic oxidation sites excluding steroid dienone is 2. The summed E-state index contributed by atoms with van der Waals surface area (Å²) in [5.41, 5.74) is 1.84. The van der Waals surface area contributed by atoms with Crippen molar-refractivity contribution in [3.8, 4) is 17.3 Å². The number of nitriles is 1. The van der Waals surface area contributed by atoms with Gasteiger partial charge in [0.05, 0.1) is 17.0 Å². The van der Waals surface area contributed by atoms with Crippen LogP contribution in [0.25, 0.3) is 16.8 Å². The van der Waals surface area contributed by atoms with Crippen LogP contribution < -0.4 is 0 Å². The van der Waals surface area contributed by atoms with Gasteiger partial charge in [0.1, 0.15) is 6.07 Å². The zero-order valence-corrected chi connectivity index (χ0v) is 12.4. The fourth-order valence-electron chi connectivity index (χ4n) is 2.55. The maximum Gasteiger partial charge on any atom is 0.333 e. The predicted molar refractivity (Wildman–Crippen MR) is 78.2 cm³/mol. The van der Waals surface area contributed by atoms with Gasteiger partial charge in [0.2, 0.25) is 0 Å². The average Bonchev–Trinajstić information content (AvgIpc) is 3.04. The molecule has 1 aliphatic carbocycles. The van der Waals surface area contributed by atoms with Crippen LogP contribution in [0.1, 0.15) is 37.1 Å². The Kier molecular flexibility index (Phi) is 4.09. The van der Waals surface area contributed by atoms with Gasteiger partial charge in [-0.05, 0) is 24.1 Å². The lowest BCUT2D eigenvalue weighted by molar-refractivity contribution is -0.00605. The molecule has 4 nitrogen and oxygen atoms in total. The highest BCUT2D eigenvalue weighted by Gasteiger charge is 2.31. The molecule has 0 amide bonds. The van der Waals surface area contributed by atoms with Gasteiger partial charge in [0, 0.05) is 30.8 Å². The van der Waals surface area contributed by atoms with Gasteiger partial charge in [-0.1, -0.05) is 6.08 Å². The first-order valence-electron chi connectivity index (χ1n) is 7.21. The van der Waals surface area contributed by atoms with Crippen molar-refractivity contribution < 1.29 is 17.6 Å². The molecule has 2 aromatic heterocycles. The Morgan fingerprint density at radius 3 is 2.67 bits per heavy atom. The van der Waals surface area contributed by atoms with Gasteiger partial charge >= 0.3 is 6.55 Å². The van der Waals surface area contributed by atoms with E-state index in [9.17, 15) is 22.8 Å². The topological polar surface area (TPSA) is 54.5 Å². The summed E-state index contributed by atoms with van der Waals surface area (Å²) in [6.07, 6.45) is 3.38. The van der Waals surface area contributed by atoms with E-state index in [0.29, 0.717) is 21.5 Å². The summed E-state index contributed by atoms with van der Waals surface area (Å²) in [5, 5.41) is 12.9. The second-order valence-electron chi connectivity index (χ2n) is 5.48. The molecule has 3 rings (SSSR count). The predicted octanol–water partition coefficient (Wildman–Crippen LogP) is 4.41. The summed E-state index contributed by atoms with van der Waals surface area (Å²) in [5.74, 6) is -2.71. The molecule has 8 heteroatoms. The Balaban J connectivity index is 2.00. The summed E-state index contributed by atoms with van der Waals surface area (Å²) < 4.78 is 52.3. The molecule has 0 radical (unpaired) electrons. The summed E-state index contributed by atoms with van der Waals surface area (Å²) >= 11 is 0. The molecule has 0 bridgehead atoms. The van der Waals surface area contributed by atoms with Crippen molar-refractivity contribution in [3.63, 3.8) is 0 Å². The molecular formula is C16H12F4N4. The molecule has 0 saturated heterocycles. The third kappa shape index (κ3) is 3.15. The smallest absolute Gasteiger partial charge is 0.255 e. The van der Waals surface area contributed by atoms with Crippen LogP contribution >= 0.6 is 0 Å². The minimum atomic E-state index is -2.78. The number of halogens is 4. The van der Waals surface area contributed by atoms with Gasteiger partial charge in [-0.3, -0.25) is 4.98 Å². The van der Waals surface area contributed by atoms with Gasteiger partial charge < -0.3 is 0 Å². The number of alkyl halides is 4. The van der Waals surface area contributed by atoms with E-state index in [4.69, 9.17) is 0 Å². The van der Waals surface area contributed by atoms with Crippen LogP contribution in [-0.4, -0.2) is 20.7 Å². The standard InChI is InChI=1S/C16H12F4N4/c17-15(18)24-6-3-13(23-24)12-7-14(22-9-11(12)8-21)10-1-4-16(19,20)5-2-10/h1,3,6-7,9,15H,2,4-5H2. The molecule has 1 aliphatic rings. The summed E-state index contributed by atoms with van der Waals surface area (Å²) in [6.45, 7) is -2.78. The average molecular weight is 336 g/mol. The van der Waals surface area contributed by atoms with E-state index >= 15 is 0 Å². The van der Waals surface area contributed by atoms with Crippen molar-refractivity contribution in [1.82, 2.24) is 14.8 Å². The largest absolute Gasteiger partial charge is 0.333 e. The van der Waals surface area contributed by atoms with E-state index in [1.165, 1.54) is 24.4 Å². The van der Waals surface area contributed by atoms with Crippen LogP contribution in [0, 0.1) is 11.3 Å². The second-order valence-corrected chi connectivity index (χ2v) is 5.48. The Morgan fingerprint density at radius 1 is 1.29 bits per heavy atom. The van der Waals surface area contributed by atoms with Gasteiger partial charge in [0.15, 0.2) is 0 Å². The van der Waals surface area contributed by atoms with Gasteiger partial charge in [-0.2, -0.15) is 19.1 Å². The Hall–Kier alpha value is -2.69. The van der Waals surface area contributed by atoms with E-state index < -0.39 is 12.5 Å². The van der Waals surface area contributed by atoms with Crippen LogP contribution in [0.3, 0.4) is 0 Å².